The minimum atomic E-state index is -0.621. The third-order valence-electron chi connectivity index (χ3n) is 3.68. The van der Waals surface area contributed by atoms with Gasteiger partial charge in [-0.05, 0) is 23.8 Å². The van der Waals surface area contributed by atoms with Gasteiger partial charge in [0.1, 0.15) is 5.75 Å². The van der Waals surface area contributed by atoms with Crippen LogP contribution in [0.1, 0.15) is 5.56 Å². The molecular formula is C16H13N3O5. The molecule has 0 atom stereocenters. The number of benzene rings is 2. The summed E-state index contributed by atoms with van der Waals surface area (Å²) in [5.41, 5.74) is -0.413. The molecule has 0 spiro atoms. The second-order valence-corrected chi connectivity index (χ2v) is 5.16. The molecule has 3 rings (SSSR count). The van der Waals surface area contributed by atoms with E-state index >= 15 is 0 Å². The van der Waals surface area contributed by atoms with Crippen molar-refractivity contribution in [1.82, 2.24) is 9.55 Å². The zero-order chi connectivity index (χ0) is 17.3. The summed E-state index contributed by atoms with van der Waals surface area (Å²) in [6.07, 6.45) is 0. The molecule has 0 saturated carbocycles. The van der Waals surface area contributed by atoms with Crippen LogP contribution in [0.5, 0.6) is 5.75 Å². The summed E-state index contributed by atoms with van der Waals surface area (Å²) in [5, 5.41) is 11.0. The van der Waals surface area contributed by atoms with Gasteiger partial charge in [0, 0.05) is 12.1 Å². The van der Waals surface area contributed by atoms with Gasteiger partial charge < -0.3 is 9.72 Å². The molecule has 3 aromatic rings. The molecule has 0 radical (unpaired) electrons. The van der Waals surface area contributed by atoms with Crippen molar-refractivity contribution in [1.29, 1.82) is 0 Å². The number of aromatic nitrogens is 2. The fourth-order valence-corrected chi connectivity index (χ4v) is 2.41. The molecule has 0 aliphatic carbocycles. The zero-order valence-corrected chi connectivity index (χ0v) is 12.7. The highest BCUT2D eigenvalue weighted by atomic mass is 16.6. The summed E-state index contributed by atoms with van der Waals surface area (Å²) in [6, 6.07) is 10.7. The number of aromatic amines is 1. The lowest BCUT2D eigenvalue weighted by molar-refractivity contribution is -0.384. The van der Waals surface area contributed by atoms with Gasteiger partial charge in [0.15, 0.2) is 0 Å². The second-order valence-electron chi connectivity index (χ2n) is 5.16. The Balaban J connectivity index is 2.08. The van der Waals surface area contributed by atoms with E-state index < -0.39 is 16.2 Å². The Hall–Kier alpha value is -3.42. The molecule has 122 valence electrons. The number of hydrogen-bond acceptors (Lipinski definition) is 5. The third-order valence-corrected chi connectivity index (χ3v) is 3.68. The van der Waals surface area contributed by atoms with E-state index in [1.165, 1.54) is 18.2 Å². The van der Waals surface area contributed by atoms with Gasteiger partial charge in [-0.3, -0.25) is 19.5 Å². The number of ether oxygens (including phenoxy) is 1. The zero-order valence-electron chi connectivity index (χ0n) is 12.7. The summed E-state index contributed by atoms with van der Waals surface area (Å²) >= 11 is 0. The molecule has 24 heavy (non-hydrogen) atoms. The van der Waals surface area contributed by atoms with Crippen molar-refractivity contribution >= 4 is 16.6 Å². The molecule has 0 fully saturated rings. The highest BCUT2D eigenvalue weighted by Gasteiger charge is 2.12. The quantitative estimate of drug-likeness (QED) is 0.579. The largest absolute Gasteiger partial charge is 0.497 e. The smallest absolute Gasteiger partial charge is 0.329 e. The first-order valence-electron chi connectivity index (χ1n) is 7.04. The number of nitrogens with zero attached hydrogens (tertiary/aromatic N) is 2. The van der Waals surface area contributed by atoms with E-state index in [-0.39, 0.29) is 23.1 Å². The highest BCUT2D eigenvalue weighted by molar-refractivity contribution is 5.79. The first-order valence-corrected chi connectivity index (χ1v) is 7.04. The predicted molar refractivity (Wildman–Crippen MR) is 87.6 cm³/mol. The molecule has 1 aromatic heterocycles. The van der Waals surface area contributed by atoms with E-state index in [9.17, 15) is 19.7 Å². The number of rotatable bonds is 4. The van der Waals surface area contributed by atoms with Crippen LogP contribution in [0.2, 0.25) is 0 Å². The molecular weight excluding hydrogens is 314 g/mol. The maximum atomic E-state index is 12.5. The number of nitrogens with one attached hydrogen (secondary N) is 1. The van der Waals surface area contributed by atoms with E-state index in [1.54, 1.807) is 31.4 Å². The van der Waals surface area contributed by atoms with Gasteiger partial charge in [-0.2, -0.15) is 0 Å². The fraction of sp³-hybridized carbons (Fsp3) is 0.125. The van der Waals surface area contributed by atoms with Gasteiger partial charge >= 0.3 is 5.69 Å². The Morgan fingerprint density at radius 1 is 1.17 bits per heavy atom. The standard InChI is InChI=1S/C16H13N3O5/c1-24-12-5-2-10(3-6-12)9-18-15(20)13-7-4-11(19(22)23)8-14(13)17-16(18)21/h2-8H,9H2,1H3,(H,17,21). The molecule has 1 N–H and O–H groups in total. The third kappa shape index (κ3) is 2.76. The molecule has 0 unspecified atom stereocenters. The second kappa shape index (κ2) is 5.99. The average Bonchev–Trinajstić information content (AvgIpc) is 2.58. The monoisotopic (exact) mass is 327 g/mol. The Morgan fingerprint density at radius 3 is 2.50 bits per heavy atom. The molecule has 0 amide bonds. The maximum Gasteiger partial charge on any atom is 0.329 e. The van der Waals surface area contributed by atoms with Crippen LogP contribution < -0.4 is 16.0 Å². The summed E-state index contributed by atoms with van der Waals surface area (Å²) in [7, 11) is 1.55. The number of nitro groups is 1. The minimum absolute atomic E-state index is 0.0884. The van der Waals surface area contributed by atoms with Gasteiger partial charge in [0.25, 0.3) is 11.2 Å². The molecule has 2 aromatic carbocycles. The van der Waals surface area contributed by atoms with Crippen molar-refractivity contribution < 1.29 is 9.66 Å². The predicted octanol–water partition coefficient (Wildman–Crippen LogP) is 1.65. The summed E-state index contributed by atoms with van der Waals surface area (Å²) in [6.45, 7) is 0.0884. The molecule has 8 heteroatoms. The van der Waals surface area contributed by atoms with Crippen molar-refractivity contribution in [2.24, 2.45) is 0 Å². The van der Waals surface area contributed by atoms with Gasteiger partial charge in [-0.15, -0.1) is 0 Å². The van der Waals surface area contributed by atoms with Crippen LogP contribution in [0.3, 0.4) is 0 Å². The van der Waals surface area contributed by atoms with Crippen molar-refractivity contribution in [3.8, 4) is 5.75 Å². The number of H-pyrrole nitrogens is 1. The Kier molecular flexibility index (Phi) is 3.87. The SMILES string of the molecule is COc1ccc(Cn2c(=O)[nH]c3cc([N+](=O)[O-])ccc3c2=O)cc1. The number of hydrogen-bond donors (Lipinski definition) is 1. The normalized spacial score (nSPS) is 10.7. The number of nitro benzene ring substituents is 1. The van der Waals surface area contributed by atoms with Crippen molar-refractivity contribution in [3.63, 3.8) is 0 Å². The van der Waals surface area contributed by atoms with Gasteiger partial charge in [0.05, 0.1) is 29.5 Å². The summed E-state index contributed by atoms with van der Waals surface area (Å²) in [5.74, 6) is 0.672. The maximum absolute atomic E-state index is 12.5. The van der Waals surface area contributed by atoms with E-state index in [0.717, 1.165) is 10.1 Å². The van der Waals surface area contributed by atoms with E-state index in [0.29, 0.717) is 5.75 Å². The van der Waals surface area contributed by atoms with Crippen LogP contribution >= 0.6 is 0 Å². The summed E-state index contributed by atoms with van der Waals surface area (Å²) < 4.78 is 6.12. The number of methoxy groups -OCH3 is 1. The van der Waals surface area contributed by atoms with Crippen molar-refractivity contribution in [2.75, 3.05) is 7.11 Å². The van der Waals surface area contributed by atoms with E-state index in [1.807, 2.05) is 0 Å². The van der Waals surface area contributed by atoms with Gasteiger partial charge in [-0.25, -0.2) is 4.79 Å². The first kappa shape index (κ1) is 15.5. The van der Waals surface area contributed by atoms with Crippen LogP contribution in [0.25, 0.3) is 10.9 Å². The number of fused-ring (bicyclic) bond motifs is 1. The molecule has 0 bridgehead atoms. The number of non-ortho nitro benzene ring substituents is 1. The van der Waals surface area contributed by atoms with Crippen LogP contribution in [-0.2, 0) is 6.54 Å². The van der Waals surface area contributed by atoms with Gasteiger partial charge in [0.2, 0.25) is 0 Å². The fourth-order valence-electron chi connectivity index (χ4n) is 2.41. The highest BCUT2D eigenvalue weighted by Crippen LogP contribution is 2.16. The van der Waals surface area contributed by atoms with Crippen LogP contribution in [-0.4, -0.2) is 21.6 Å². The van der Waals surface area contributed by atoms with Crippen LogP contribution in [0.15, 0.2) is 52.1 Å². The topological polar surface area (TPSA) is 107 Å². The van der Waals surface area contributed by atoms with Crippen LogP contribution in [0, 0.1) is 10.1 Å². The molecule has 0 aliphatic heterocycles. The lowest BCUT2D eigenvalue weighted by atomic mass is 10.2. The Morgan fingerprint density at radius 2 is 1.88 bits per heavy atom. The van der Waals surface area contributed by atoms with Crippen molar-refractivity contribution in [2.45, 2.75) is 6.54 Å². The van der Waals surface area contributed by atoms with Gasteiger partial charge in [-0.1, -0.05) is 12.1 Å². The molecule has 1 heterocycles. The van der Waals surface area contributed by atoms with E-state index in [2.05, 4.69) is 4.98 Å². The lowest BCUT2D eigenvalue weighted by Gasteiger charge is -2.07. The molecule has 0 aliphatic rings. The van der Waals surface area contributed by atoms with E-state index in [4.69, 9.17) is 4.74 Å². The average molecular weight is 327 g/mol. The summed E-state index contributed by atoms with van der Waals surface area (Å²) in [4.78, 5) is 37.4. The van der Waals surface area contributed by atoms with Crippen molar-refractivity contribution in [3.05, 3.63) is 79.0 Å². The Labute approximate surface area is 135 Å². The molecule has 0 saturated heterocycles. The van der Waals surface area contributed by atoms with Crippen LogP contribution in [0.4, 0.5) is 5.69 Å². The molecule has 8 nitrogen and oxygen atoms in total. The Bertz CT molecular complexity index is 1030. The minimum Gasteiger partial charge on any atom is -0.497 e. The lowest BCUT2D eigenvalue weighted by Crippen LogP contribution is -2.35. The first-order chi connectivity index (χ1) is 11.5.